The van der Waals surface area contributed by atoms with Crippen molar-refractivity contribution in [2.45, 2.75) is 52.1 Å². The van der Waals surface area contributed by atoms with E-state index >= 15 is 0 Å². The monoisotopic (exact) mass is 240 g/mol. The fourth-order valence-corrected chi connectivity index (χ4v) is 2.76. The summed E-state index contributed by atoms with van der Waals surface area (Å²) in [5.74, 6) is 1.03. The van der Waals surface area contributed by atoms with E-state index in [1.54, 1.807) is 0 Å². The van der Waals surface area contributed by atoms with E-state index in [1.165, 1.54) is 25.7 Å². The summed E-state index contributed by atoms with van der Waals surface area (Å²) < 4.78 is 2.82. The molecule has 0 bridgehead atoms. The lowest BCUT2D eigenvalue weighted by Crippen LogP contribution is -2.40. The van der Waals surface area contributed by atoms with Gasteiger partial charge >= 0.3 is 0 Å². The van der Waals surface area contributed by atoms with Gasteiger partial charge in [0.05, 0.1) is 0 Å². The molecule has 0 spiro atoms. The Morgan fingerprint density at radius 2 is 2.25 bits per heavy atom. The van der Waals surface area contributed by atoms with Crippen molar-refractivity contribution < 1.29 is 0 Å². The molecule has 1 aromatic rings. The Balaban J connectivity index is 2.30. The van der Waals surface area contributed by atoms with Gasteiger partial charge in [0.25, 0.3) is 0 Å². The Bertz CT molecular complexity index is 395. The Kier molecular flexibility index (Phi) is 3.63. The molecule has 1 aliphatic rings. The zero-order valence-corrected chi connectivity index (χ0v) is 10.9. The van der Waals surface area contributed by atoms with Crippen LogP contribution in [-0.2, 0) is 6.54 Å². The van der Waals surface area contributed by atoms with Gasteiger partial charge in [-0.2, -0.15) is 0 Å². The maximum Gasteiger partial charge on any atom is 0.225 e. The lowest BCUT2D eigenvalue weighted by molar-refractivity contribution is 0.437. The SMILES string of the molecule is CCC1CCCCN1c1n[nH]c(=S)n1CC. The number of anilines is 1. The van der Waals surface area contributed by atoms with Crippen molar-refractivity contribution in [3.8, 4) is 0 Å². The second-order valence-corrected chi connectivity index (χ2v) is 4.71. The number of hydrogen-bond donors (Lipinski definition) is 1. The molecule has 0 radical (unpaired) electrons. The van der Waals surface area contributed by atoms with Crippen molar-refractivity contribution in [3.05, 3.63) is 4.77 Å². The highest BCUT2D eigenvalue weighted by Gasteiger charge is 2.24. The molecule has 90 valence electrons. The molecule has 16 heavy (non-hydrogen) atoms. The van der Waals surface area contributed by atoms with Gasteiger partial charge in [0.15, 0.2) is 4.77 Å². The topological polar surface area (TPSA) is 36.9 Å². The van der Waals surface area contributed by atoms with Crippen molar-refractivity contribution in [1.82, 2.24) is 14.8 Å². The first-order valence-electron chi connectivity index (χ1n) is 6.19. The highest BCUT2D eigenvalue weighted by atomic mass is 32.1. The Morgan fingerprint density at radius 1 is 1.44 bits per heavy atom. The Labute approximate surface area is 102 Å². The Hall–Kier alpha value is -0.840. The number of rotatable bonds is 3. The van der Waals surface area contributed by atoms with E-state index in [0.29, 0.717) is 6.04 Å². The molecule has 1 fully saturated rings. The molecule has 1 saturated heterocycles. The predicted octanol–water partition coefficient (Wildman–Crippen LogP) is 2.73. The molecule has 1 atom stereocenters. The summed E-state index contributed by atoms with van der Waals surface area (Å²) in [5, 5.41) is 7.28. The van der Waals surface area contributed by atoms with Crippen molar-refractivity contribution in [2.75, 3.05) is 11.4 Å². The third-order valence-electron chi connectivity index (χ3n) is 3.41. The summed E-state index contributed by atoms with van der Waals surface area (Å²) in [5.41, 5.74) is 0. The van der Waals surface area contributed by atoms with Crippen LogP contribution in [0.4, 0.5) is 5.95 Å². The third kappa shape index (κ3) is 2.00. The average molecular weight is 240 g/mol. The standard InChI is InChI=1S/C11H20N4S/c1-3-9-7-5-6-8-15(9)10-12-13-11(16)14(10)4-2/h9H,3-8H2,1-2H3,(H,13,16). The minimum atomic E-state index is 0.629. The third-order valence-corrected chi connectivity index (χ3v) is 3.72. The molecule has 0 aromatic carbocycles. The van der Waals surface area contributed by atoms with Crippen LogP contribution in [0, 0.1) is 4.77 Å². The molecule has 0 aliphatic carbocycles. The molecule has 1 unspecified atom stereocenters. The zero-order valence-electron chi connectivity index (χ0n) is 10.1. The number of nitrogens with one attached hydrogen (secondary N) is 1. The van der Waals surface area contributed by atoms with Gasteiger partial charge in [-0.05, 0) is 44.8 Å². The smallest absolute Gasteiger partial charge is 0.225 e. The molecule has 0 amide bonds. The summed E-state index contributed by atoms with van der Waals surface area (Å²) in [7, 11) is 0. The van der Waals surface area contributed by atoms with E-state index in [1.807, 2.05) is 0 Å². The summed E-state index contributed by atoms with van der Waals surface area (Å²) in [6.07, 6.45) is 5.06. The first-order chi connectivity index (χ1) is 7.77. The van der Waals surface area contributed by atoms with Crippen molar-refractivity contribution in [1.29, 1.82) is 0 Å². The van der Waals surface area contributed by atoms with E-state index < -0.39 is 0 Å². The van der Waals surface area contributed by atoms with Crippen LogP contribution in [-0.4, -0.2) is 27.4 Å². The molecular formula is C11H20N4S. The second-order valence-electron chi connectivity index (χ2n) is 4.32. The summed E-state index contributed by atoms with van der Waals surface area (Å²) in [6.45, 7) is 6.36. The van der Waals surface area contributed by atoms with Gasteiger partial charge in [-0.1, -0.05) is 6.92 Å². The molecule has 1 aliphatic heterocycles. The maximum absolute atomic E-state index is 5.23. The van der Waals surface area contributed by atoms with E-state index in [-0.39, 0.29) is 0 Å². The fraction of sp³-hybridized carbons (Fsp3) is 0.818. The summed E-state index contributed by atoms with van der Waals surface area (Å²) >= 11 is 5.23. The van der Waals surface area contributed by atoms with Crippen molar-refractivity contribution in [2.24, 2.45) is 0 Å². The average Bonchev–Trinajstić information content (AvgIpc) is 2.70. The van der Waals surface area contributed by atoms with Crippen LogP contribution in [0.25, 0.3) is 0 Å². The Morgan fingerprint density at radius 3 is 2.94 bits per heavy atom. The first kappa shape index (κ1) is 11.6. The minimum absolute atomic E-state index is 0.629. The number of aromatic amines is 1. The van der Waals surface area contributed by atoms with Crippen molar-refractivity contribution in [3.63, 3.8) is 0 Å². The number of piperidine rings is 1. The van der Waals surface area contributed by atoms with Crippen molar-refractivity contribution >= 4 is 18.2 Å². The van der Waals surface area contributed by atoms with Crippen LogP contribution in [0.3, 0.4) is 0 Å². The first-order valence-corrected chi connectivity index (χ1v) is 6.60. The lowest BCUT2D eigenvalue weighted by Gasteiger charge is -2.35. The second kappa shape index (κ2) is 4.99. The van der Waals surface area contributed by atoms with Gasteiger partial charge in [0.1, 0.15) is 0 Å². The van der Waals surface area contributed by atoms with Crippen LogP contribution < -0.4 is 4.90 Å². The van der Waals surface area contributed by atoms with Crippen LogP contribution in [0.15, 0.2) is 0 Å². The van der Waals surface area contributed by atoms with Crippen LogP contribution in [0.2, 0.25) is 0 Å². The van der Waals surface area contributed by atoms with E-state index in [4.69, 9.17) is 12.2 Å². The fourth-order valence-electron chi connectivity index (χ4n) is 2.50. The van der Waals surface area contributed by atoms with Crippen LogP contribution in [0.5, 0.6) is 0 Å². The number of H-pyrrole nitrogens is 1. The quantitative estimate of drug-likeness (QED) is 0.825. The molecule has 0 saturated carbocycles. The van der Waals surface area contributed by atoms with Gasteiger partial charge in [0.2, 0.25) is 5.95 Å². The van der Waals surface area contributed by atoms with Gasteiger partial charge in [-0.15, -0.1) is 5.10 Å². The highest BCUT2D eigenvalue weighted by Crippen LogP contribution is 2.24. The van der Waals surface area contributed by atoms with Gasteiger partial charge in [-0.25, -0.2) is 5.10 Å². The van der Waals surface area contributed by atoms with Gasteiger partial charge < -0.3 is 4.90 Å². The molecule has 4 nitrogen and oxygen atoms in total. The normalized spacial score (nSPS) is 21.4. The largest absolute Gasteiger partial charge is 0.338 e. The van der Waals surface area contributed by atoms with Crippen LogP contribution >= 0.6 is 12.2 Å². The summed E-state index contributed by atoms with van der Waals surface area (Å²) in [4.78, 5) is 2.42. The molecule has 1 aromatic heterocycles. The molecule has 2 rings (SSSR count). The van der Waals surface area contributed by atoms with E-state index in [2.05, 4.69) is 33.5 Å². The van der Waals surface area contributed by atoms with E-state index in [0.717, 1.165) is 23.8 Å². The number of hydrogen-bond acceptors (Lipinski definition) is 3. The zero-order chi connectivity index (χ0) is 11.5. The van der Waals surface area contributed by atoms with Gasteiger partial charge in [0, 0.05) is 19.1 Å². The maximum atomic E-state index is 5.23. The lowest BCUT2D eigenvalue weighted by atomic mass is 10.0. The number of aromatic nitrogens is 3. The van der Waals surface area contributed by atoms with Gasteiger partial charge in [-0.3, -0.25) is 4.57 Å². The van der Waals surface area contributed by atoms with E-state index in [9.17, 15) is 0 Å². The van der Waals surface area contributed by atoms with Crippen LogP contribution in [0.1, 0.15) is 39.5 Å². The highest BCUT2D eigenvalue weighted by molar-refractivity contribution is 7.71. The molecule has 5 heteroatoms. The molecule has 1 N–H and O–H groups in total. The summed E-state index contributed by atoms with van der Waals surface area (Å²) in [6, 6.07) is 0.629. The number of nitrogens with zero attached hydrogens (tertiary/aromatic N) is 3. The molecular weight excluding hydrogens is 220 g/mol. The molecule has 2 heterocycles. The predicted molar refractivity (Wildman–Crippen MR) is 68.4 cm³/mol. The minimum Gasteiger partial charge on any atom is -0.338 e.